The molecule has 0 bridgehead atoms. The predicted octanol–water partition coefficient (Wildman–Crippen LogP) is 2.62. The maximum Gasteiger partial charge on any atom is 0.191 e. The van der Waals surface area contributed by atoms with Crippen LogP contribution in [0.5, 0.6) is 0 Å². The number of hydrogen-bond acceptors (Lipinski definition) is 2. The lowest BCUT2D eigenvalue weighted by molar-refractivity contribution is 0.198. The van der Waals surface area contributed by atoms with E-state index in [1.54, 1.807) is 0 Å². The summed E-state index contributed by atoms with van der Waals surface area (Å²) in [6, 6.07) is 11.2. The lowest BCUT2D eigenvalue weighted by Gasteiger charge is -2.33. The summed E-state index contributed by atoms with van der Waals surface area (Å²) in [5.74, 6) is 0.872. The molecule has 2 N–H and O–H groups in total. The fourth-order valence-corrected chi connectivity index (χ4v) is 2.63. The molecule has 0 saturated carbocycles. The van der Waals surface area contributed by atoms with Crippen molar-refractivity contribution < 1.29 is 0 Å². The van der Waals surface area contributed by atoms with Crippen LogP contribution in [0.1, 0.15) is 18.4 Å². The van der Waals surface area contributed by atoms with Gasteiger partial charge in [0.1, 0.15) is 0 Å². The number of nitrogens with zero attached hydrogens (tertiary/aromatic N) is 2. The molecule has 0 aliphatic carbocycles. The van der Waals surface area contributed by atoms with Crippen LogP contribution in [0.4, 0.5) is 0 Å². The summed E-state index contributed by atoms with van der Waals surface area (Å²) < 4.78 is 0. The molecule has 1 aromatic carbocycles. The molecule has 1 heterocycles. The first-order valence-corrected chi connectivity index (χ1v) is 7.66. The highest BCUT2D eigenvalue weighted by Gasteiger charge is 2.19. The van der Waals surface area contributed by atoms with E-state index in [1.807, 2.05) is 13.1 Å². The Morgan fingerprint density at radius 3 is 2.59 bits per heavy atom. The van der Waals surface area contributed by atoms with Crippen molar-refractivity contribution in [1.82, 2.24) is 15.5 Å². The van der Waals surface area contributed by atoms with Crippen molar-refractivity contribution in [3.63, 3.8) is 0 Å². The molecule has 22 heavy (non-hydrogen) atoms. The SMILES string of the molecule is C=CCNC(=NC)NC1CCN(Cc2ccccc2)CC1.I. The van der Waals surface area contributed by atoms with E-state index in [-0.39, 0.29) is 24.0 Å². The molecule has 5 heteroatoms. The highest BCUT2D eigenvalue weighted by molar-refractivity contribution is 14.0. The first-order chi connectivity index (χ1) is 10.3. The second kappa shape index (κ2) is 10.6. The molecule has 0 spiro atoms. The molecule has 1 saturated heterocycles. The number of aliphatic imine (C=N–C) groups is 1. The maximum absolute atomic E-state index is 4.24. The molecule has 0 amide bonds. The van der Waals surface area contributed by atoms with Gasteiger partial charge in [-0.3, -0.25) is 9.89 Å². The Labute approximate surface area is 151 Å². The van der Waals surface area contributed by atoms with E-state index in [0.717, 1.165) is 45.0 Å². The van der Waals surface area contributed by atoms with Crippen molar-refractivity contribution in [3.05, 3.63) is 48.6 Å². The van der Waals surface area contributed by atoms with Gasteiger partial charge in [-0.15, -0.1) is 30.6 Å². The third kappa shape index (κ3) is 6.36. The van der Waals surface area contributed by atoms with Gasteiger partial charge >= 0.3 is 0 Å². The van der Waals surface area contributed by atoms with Gasteiger partial charge in [0.2, 0.25) is 0 Å². The second-order valence-corrected chi connectivity index (χ2v) is 5.42. The lowest BCUT2D eigenvalue weighted by Crippen LogP contribution is -2.48. The molecule has 4 nitrogen and oxygen atoms in total. The van der Waals surface area contributed by atoms with Crippen LogP contribution in [0.3, 0.4) is 0 Å². The highest BCUT2D eigenvalue weighted by Crippen LogP contribution is 2.13. The van der Waals surface area contributed by atoms with E-state index in [4.69, 9.17) is 0 Å². The van der Waals surface area contributed by atoms with Crippen molar-refractivity contribution in [3.8, 4) is 0 Å². The normalized spacial score (nSPS) is 16.7. The standard InChI is InChI=1S/C17H26N4.HI/c1-3-11-19-17(18-2)20-16-9-12-21(13-10-16)14-15-7-5-4-6-8-15;/h3-8,16H,1,9-14H2,2H3,(H2,18,19,20);1H. The minimum Gasteiger partial charge on any atom is -0.354 e. The first kappa shape index (κ1) is 19.0. The van der Waals surface area contributed by atoms with E-state index in [0.29, 0.717) is 6.04 Å². The predicted molar refractivity (Wildman–Crippen MR) is 105 cm³/mol. The Balaban J connectivity index is 0.00000242. The Bertz CT molecular complexity index is 453. The zero-order valence-electron chi connectivity index (χ0n) is 13.3. The molecular weight excluding hydrogens is 387 g/mol. The largest absolute Gasteiger partial charge is 0.354 e. The van der Waals surface area contributed by atoms with Gasteiger partial charge in [0.25, 0.3) is 0 Å². The molecule has 1 aliphatic heterocycles. The Morgan fingerprint density at radius 1 is 1.32 bits per heavy atom. The van der Waals surface area contributed by atoms with Crippen LogP contribution < -0.4 is 10.6 Å². The minimum absolute atomic E-state index is 0. The van der Waals surface area contributed by atoms with Gasteiger partial charge in [-0.25, -0.2) is 0 Å². The van der Waals surface area contributed by atoms with Crippen LogP contribution in [-0.4, -0.2) is 43.6 Å². The van der Waals surface area contributed by atoms with Gasteiger partial charge in [-0.05, 0) is 18.4 Å². The van der Waals surface area contributed by atoms with Gasteiger partial charge in [-0.2, -0.15) is 0 Å². The number of likely N-dealkylation sites (tertiary alicyclic amines) is 1. The third-order valence-corrected chi connectivity index (χ3v) is 3.81. The maximum atomic E-state index is 4.24. The summed E-state index contributed by atoms with van der Waals surface area (Å²) in [6.07, 6.45) is 4.15. The zero-order valence-corrected chi connectivity index (χ0v) is 15.6. The quantitative estimate of drug-likeness (QED) is 0.337. The number of hydrogen-bond donors (Lipinski definition) is 2. The van der Waals surface area contributed by atoms with Crippen molar-refractivity contribution in [2.24, 2.45) is 4.99 Å². The topological polar surface area (TPSA) is 39.7 Å². The summed E-state index contributed by atoms with van der Waals surface area (Å²) in [7, 11) is 1.81. The summed E-state index contributed by atoms with van der Waals surface area (Å²) in [5.41, 5.74) is 1.40. The summed E-state index contributed by atoms with van der Waals surface area (Å²) in [6.45, 7) is 7.77. The lowest BCUT2D eigenvalue weighted by atomic mass is 10.0. The van der Waals surface area contributed by atoms with Gasteiger partial charge in [-0.1, -0.05) is 36.4 Å². The molecular formula is C17H27IN4. The van der Waals surface area contributed by atoms with E-state index >= 15 is 0 Å². The fraction of sp³-hybridized carbons (Fsp3) is 0.471. The second-order valence-electron chi connectivity index (χ2n) is 5.42. The number of halogens is 1. The Hall–Kier alpha value is -1.08. The number of benzene rings is 1. The molecule has 1 aromatic rings. The number of rotatable bonds is 5. The number of guanidine groups is 1. The molecule has 2 rings (SSSR count). The zero-order chi connectivity index (χ0) is 14.9. The van der Waals surface area contributed by atoms with Crippen molar-refractivity contribution in [2.45, 2.75) is 25.4 Å². The van der Waals surface area contributed by atoms with Crippen molar-refractivity contribution in [2.75, 3.05) is 26.7 Å². The third-order valence-electron chi connectivity index (χ3n) is 3.81. The average Bonchev–Trinajstić information content (AvgIpc) is 2.54. The van der Waals surface area contributed by atoms with E-state index in [2.05, 4.69) is 57.4 Å². The molecule has 0 radical (unpaired) electrons. The fourth-order valence-electron chi connectivity index (χ4n) is 2.63. The van der Waals surface area contributed by atoms with Crippen LogP contribution in [0.15, 0.2) is 48.0 Å². The number of piperidine rings is 1. The molecule has 122 valence electrons. The monoisotopic (exact) mass is 414 g/mol. The van der Waals surface area contributed by atoms with Crippen LogP contribution in [0, 0.1) is 0 Å². The molecule has 0 aromatic heterocycles. The van der Waals surface area contributed by atoms with E-state index < -0.39 is 0 Å². The summed E-state index contributed by atoms with van der Waals surface area (Å²) in [5, 5.41) is 6.71. The van der Waals surface area contributed by atoms with Gasteiger partial charge < -0.3 is 10.6 Å². The summed E-state index contributed by atoms with van der Waals surface area (Å²) in [4.78, 5) is 6.76. The minimum atomic E-state index is 0. The molecule has 1 fully saturated rings. The van der Waals surface area contributed by atoms with Crippen LogP contribution >= 0.6 is 24.0 Å². The highest BCUT2D eigenvalue weighted by atomic mass is 127. The van der Waals surface area contributed by atoms with Crippen molar-refractivity contribution >= 4 is 29.9 Å². The smallest absolute Gasteiger partial charge is 0.191 e. The molecule has 0 unspecified atom stereocenters. The van der Waals surface area contributed by atoms with E-state index in [1.165, 1.54) is 5.56 Å². The molecule has 0 atom stereocenters. The van der Waals surface area contributed by atoms with Gasteiger partial charge in [0, 0.05) is 39.3 Å². The average molecular weight is 414 g/mol. The van der Waals surface area contributed by atoms with Gasteiger partial charge in [0.15, 0.2) is 5.96 Å². The summed E-state index contributed by atoms with van der Waals surface area (Å²) >= 11 is 0. The van der Waals surface area contributed by atoms with Crippen LogP contribution in [0.25, 0.3) is 0 Å². The van der Waals surface area contributed by atoms with Gasteiger partial charge in [0.05, 0.1) is 0 Å². The first-order valence-electron chi connectivity index (χ1n) is 7.66. The Kier molecular flexibility index (Phi) is 9.15. The number of nitrogens with one attached hydrogen (secondary N) is 2. The molecule has 1 aliphatic rings. The Morgan fingerprint density at radius 2 is 2.00 bits per heavy atom. The van der Waals surface area contributed by atoms with E-state index in [9.17, 15) is 0 Å². The van der Waals surface area contributed by atoms with Crippen molar-refractivity contribution in [1.29, 1.82) is 0 Å². The van der Waals surface area contributed by atoms with Crippen LogP contribution in [-0.2, 0) is 6.54 Å². The van der Waals surface area contributed by atoms with Crippen LogP contribution in [0.2, 0.25) is 0 Å².